The molecule has 27 heavy (non-hydrogen) atoms. The third kappa shape index (κ3) is 3.57. The van der Waals surface area contributed by atoms with E-state index in [1.54, 1.807) is 0 Å². The molecule has 4 aromatic rings. The number of allylic oxidation sites excluding steroid dienone is 3. The van der Waals surface area contributed by atoms with Crippen LogP contribution in [-0.2, 0) is 6.42 Å². The monoisotopic (exact) mass is 348 g/mol. The molecule has 0 bridgehead atoms. The summed E-state index contributed by atoms with van der Waals surface area (Å²) < 4.78 is 0. The molecule has 4 aromatic carbocycles. The lowest BCUT2D eigenvalue weighted by Crippen LogP contribution is -1.88. The zero-order valence-electron chi connectivity index (χ0n) is 15.8. The van der Waals surface area contributed by atoms with Gasteiger partial charge in [0.2, 0.25) is 0 Å². The predicted molar refractivity (Wildman–Crippen MR) is 119 cm³/mol. The van der Waals surface area contributed by atoms with Gasteiger partial charge in [0.1, 0.15) is 0 Å². The van der Waals surface area contributed by atoms with Gasteiger partial charge in [-0.2, -0.15) is 0 Å². The summed E-state index contributed by atoms with van der Waals surface area (Å²) in [6.45, 7) is 5.93. The van der Waals surface area contributed by atoms with Crippen molar-refractivity contribution in [3.05, 3.63) is 109 Å². The quantitative estimate of drug-likeness (QED) is 0.256. The van der Waals surface area contributed by atoms with Gasteiger partial charge in [-0.3, -0.25) is 0 Å². The van der Waals surface area contributed by atoms with Crippen molar-refractivity contribution >= 4 is 21.5 Å². The third-order valence-corrected chi connectivity index (χ3v) is 5.23. The Bertz CT molecular complexity index is 1140. The van der Waals surface area contributed by atoms with Crippen LogP contribution < -0.4 is 0 Å². The molecule has 0 aliphatic heterocycles. The van der Waals surface area contributed by atoms with Gasteiger partial charge in [0.05, 0.1) is 0 Å². The lowest BCUT2D eigenvalue weighted by molar-refractivity contribution is 0.994. The van der Waals surface area contributed by atoms with E-state index in [9.17, 15) is 0 Å². The molecule has 0 spiro atoms. The zero-order chi connectivity index (χ0) is 18.6. The van der Waals surface area contributed by atoms with Crippen LogP contribution >= 0.6 is 0 Å². The Labute approximate surface area is 161 Å². The number of fused-ring (bicyclic) bond motifs is 3. The first kappa shape index (κ1) is 17.3. The van der Waals surface area contributed by atoms with Gasteiger partial charge in [-0.05, 0) is 64.1 Å². The molecule has 0 amide bonds. The van der Waals surface area contributed by atoms with Crippen LogP contribution in [0.1, 0.15) is 18.9 Å². The number of aryl methyl sites for hydroxylation is 1. The highest BCUT2D eigenvalue weighted by Crippen LogP contribution is 2.35. The Morgan fingerprint density at radius 1 is 0.815 bits per heavy atom. The fraction of sp³-hybridized carbons (Fsp3) is 0.111. The fourth-order valence-corrected chi connectivity index (χ4v) is 3.74. The number of benzene rings is 4. The van der Waals surface area contributed by atoms with Gasteiger partial charge in [-0.25, -0.2) is 0 Å². The second kappa shape index (κ2) is 7.63. The summed E-state index contributed by atoms with van der Waals surface area (Å²) in [7, 11) is 0. The van der Waals surface area contributed by atoms with Crippen molar-refractivity contribution in [3.8, 4) is 11.1 Å². The number of hydrogen-bond acceptors (Lipinski definition) is 0. The van der Waals surface area contributed by atoms with E-state index in [0.717, 1.165) is 12.8 Å². The first-order chi connectivity index (χ1) is 13.3. The molecular formula is C27H24. The highest BCUT2D eigenvalue weighted by molar-refractivity contribution is 6.13. The first-order valence-corrected chi connectivity index (χ1v) is 9.55. The average Bonchev–Trinajstić information content (AvgIpc) is 2.73. The Morgan fingerprint density at radius 2 is 1.56 bits per heavy atom. The lowest BCUT2D eigenvalue weighted by Gasteiger charge is -2.12. The molecule has 0 N–H and O–H groups in total. The molecule has 0 atom stereocenters. The lowest BCUT2D eigenvalue weighted by atomic mass is 9.92. The molecule has 0 aliphatic rings. The second-order valence-corrected chi connectivity index (χ2v) is 7.08. The maximum Gasteiger partial charge on any atom is -0.00989 e. The van der Waals surface area contributed by atoms with Crippen LogP contribution in [0.15, 0.2) is 103 Å². The SMILES string of the molecule is C=CC(C)=CCCc1cccc(-c2cc3ccccc3c3ccccc23)c1. The van der Waals surface area contributed by atoms with E-state index in [-0.39, 0.29) is 0 Å². The summed E-state index contributed by atoms with van der Waals surface area (Å²) in [5.41, 5.74) is 5.22. The standard InChI is InChI=1S/C27H24/c1-3-20(2)10-8-11-21-12-9-14-22(18-21)27-19-23-13-4-5-15-24(23)25-16-6-7-17-26(25)27/h3-7,9-10,12-19H,1,8,11H2,2H3. The maximum atomic E-state index is 3.83. The van der Waals surface area contributed by atoms with Crippen LogP contribution in [0, 0.1) is 0 Å². The molecular weight excluding hydrogens is 324 g/mol. The van der Waals surface area contributed by atoms with Crippen LogP contribution in [0.3, 0.4) is 0 Å². The average molecular weight is 348 g/mol. The van der Waals surface area contributed by atoms with Gasteiger partial charge in [-0.15, -0.1) is 0 Å². The van der Waals surface area contributed by atoms with Gasteiger partial charge in [-0.1, -0.05) is 97.1 Å². The van der Waals surface area contributed by atoms with Crippen molar-refractivity contribution in [1.29, 1.82) is 0 Å². The third-order valence-electron chi connectivity index (χ3n) is 5.23. The molecule has 0 nitrogen and oxygen atoms in total. The zero-order valence-corrected chi connectivity index (χ0v) is 15.8. The van der Waals surface area contributed by atoms with Crippen molar-refractivity contribution in [3.63, 3.8) is 0 Å². The smallest absolute Gasteiger partial charge is 0.00989 e. The van der Waals surface area contributed by atoms with Crippen molar-refractivity contribution in [2.45, 2.75) is 19.8 Å². The minimum absolute atomic E-state index is 1.04. The number of rotatable bonds is 5. The normalized spacial score (nSPS) is 11.8. The molecule has 4 rings (SSSR count). The fourth-order valence-electron chi connectivity index (χ4n) is 3.74. The molecule has 0 saturated heterocycles. The van der Waals surface area contributed by atoms with Crippen molar-refractivity contribution in [2.75, 3.05) is 0 Å². The van der Waals surface area contributed by atoms with Crippen LogP contribution in [0.2, 0.25) is 0 Å². The van der Waals surface area contributed by atoms with Gasteiger partial charge in [0.25, 0.3) is 0 Å². The summed E-state index contributed by atoms with van der Waals surface area (Å²) in [5, 5.41) is 5.25. The van der Waals surface area contributed by atoms with E-state index < -0.39 is 0 Å². The van der Waals surface area contributed by atoms with Gasteiger partial charge in [0, 0.05) is 0 Å². The van der Waals surface area contributed by atoms with E-state index in [1.165, 1.54) is 43.8 Å². The molecule has 0 heterocycles. The minimum Gasteiger partial charge on any atom is -0.0988 e. The maximum absolute atomic E-state index is 3.83. The van der Waals surface area contributed by atoms with Gasteiger partial charge >= 0.3 is 0 Å². The van der Waals surface area contributed by atoms with Crippen molar-refractivity contribution in [1.82, 2.24) is 0 Å². The molecule has 0 aliphatic carbocycles. The molecule has 0 radical (unpaired) electrons. The molecule has 0 unspecified atom stereocenters. The highest BCUT2D eigenvalue weighted by atomic mass is 14.1. The summed E-state index contributed by atoms with van der Waals surface area (Å²) in [4.78, 5) is 0. The van der Waals surface area contributed by atoms with Gasteiger partial charge in [0.15, 0.2) is 0 Å². The van der Waals surface area contributed by atoms with E-state index in [1.807, 2.05) is 6.08 Å². The number of hydrogen-bond donors (Lipinski definition) is 0. The van der Waals surface area contributed by atoms with Crippen LogP contribution in [0.5, 0.6) is 0 Å². The Balaban J connectivity index is 1.80. The van der Waals surface area contributed by atoms with Crippen molar-refractivity contribution < 1.29 is 0 Å². The summed E-state index contributed by atoms with van der Waals surface area (Å²) >= 11 is 0. The van der Waals surface area contributed by atoms with E-state index in [4.69, 9.17) is 0 Å². The molecule has 0 saturated carbocycles. The summed E-state index contributed by atoms with van der Waals surface area (Å²) in [6, 6.07) is 28.7. The topological polar surface area (TPSA) is 0 Å². The van der Waals surface area contributed by atoms with Crippen LogP contribution in [0.25, 0.3) is 32.7 Å². The molecule has 0 heteroatoms. The summed E-state index contributed by atoms with van der Waals surface area (Å²) in [6.07, 6.45) is 6.26. The predicted octanol–water partition coefficient (Wildman–Crippen LogP) is 7.72. The minimum atomic E-state index is 1.04. The van der Waals surface area contributed by atoms with E-state index >= 15 is 0 Å². The largest absolute Gasteiger partial charge is 0.0988 e. The molecule has 0 fully saturated rings. The molecule has 0 aromatic heterocycles. The first-order valence-electron chi connectivity index (χ1n) is 9.55. The van der Waals surface area contributed by atoms with Crippen LogP contribution in [0.4, 0.5) is 0 Å². The second-order valence-electron chi connectivity index (χ2n) is 7.08. The highest BCUT2D eigenvalue weighted by Gasteiger charge is 2.08. The molecule has 132 valence electrons. The van der Waals surface area contributed by atoms with Gasteiger partial charge < -0.3 is 0 Å². The van der Waals surface area contributed by atoms with E-state index in [2.05, 4.69) is 98.4 Å². The van der Waals surface area contributed by atoms with Crippen LogP contribution in [-0.4, -0.2) is 0 Å². The Kier molecular flexibility index (Phi) is 4.89. The van der Waals surface area contributed by atoms with E-state index in [0.29, 0.717) is 0 Å². The Hall–Kier alpha value is -3.12. The Morgan fingerprint density at radius 3 is 2.37 bits per heavy atom. The van der Waals surface area contributed by atoms with Crippen molar-refractivity contribution in [2.24, 2.45) is 0 Å². The summed E-state index contributed by atoms with van der Waals surface area (Å²) in [5.74, 6) is 0.